The maximum Gasteiger partial charge on any atom is 0.328 e. The van der Waals surface area contributed by atoms with Gasteiger partial charge < -0.3 is 25.8 Å². The Hall–Kier alpha value is -2.59. The first-order valence-electron chi connectivity index (χ1n) is 13.2. The predicted molar refractivity (Wildman–Crippen MR) is 151 cm³/mol. The Morgan fingerprint density at radius 2 is 1.58 bits per heavy atom. The molecule has 0 radical (unpaired) electrons. The number of benzene rings is 1. The molecule has 0 aliphatic carbocycles. The second kappa shape index (κ2) is 17.1. The van der Waals surface area contributed by atoms with Gasteiger partial charge in [-0.05, 0) is 35.4 Å². The van der Waals surface area contributed by atoms with Crippen LogP contribution in [-0.4, -0.2) is 54.7 Å². The molecular formula is C28H45N3O6S. The molecule has 0 aromatic heterocycles. The molecule has 0 aliphatic heterocycles. The summed E-state index contributed by atoms with van der Waals surface area (Å²) in [7, 11) is 1.24. The summed E-state index contributed by atoms with van der Waals surface area (Å²) in [5.74, 6) is -0.744. The first-order chi connectivity index (χ1) is 17.9. The lowest BCUT2D eigenvalue weighted by Crippen LogP contribution is -2.57. The molecule has 1 aromatic rings. The van der Waals surface area contributed by atoms with E-state index < -0.39 is 35.9 Å². The van der Waals surface area contributed by atoms with E-state index in [0.717, 1.165) is 24.8 Å². The van der Waals surface area contributed by atoms with Crippen LogP contribution in [0.15, 0.2) is 24.3 Å². The summed E-state index contributed by atoms with van der Waals surface area (Å²) in [6, 6.07) is 4.03. The predicted octanol–water partition coefficient (Wildman–Crippen LogP) is 3.04. The molecule has 4 atom stereocenters. The van der Waals surface area contributed by atoms with E-state index in [9.17, 15) is 19.2 Å². The smallest absolute Gasteiger partial charge is 0.328 e. The first kappa shape index (κ1) is 33.4. The average Bonchev–Trinajstić information content (AvgIpc) is 2.86. The quantitative estimate of drug-likeness (QED) is 0.141. The highest BCUT2D eigenvalue weighted by atomic mass is 32.1. The molecule has 9 nitrogen and oxygen atoms in total. The molecule has 1 aromatic carbocycles. The average molecular weight is 552 g/mol. The number of esters is 2. The topological polar surface area (TPSA) is 137 Å². The van der Waals surface area contributed by atoms with Crippen molar-refractivity contribution in [2.75, 3.05) is 12.9 Å². The molecule has 1 unspecified atom stereocenters. The van der Waals surface area contributed by atoms with Gasteiger partial charge in [0.1, 0.15) is 17.8 Å². The van der Waals surface area contributed by atoms with Gasteiger partial charge in [-0.3, -0.25) is 14.4 Å². The fourth-order valence-electron chi connectivity index (χ4n) is 3.84. The Morgan fingerprint density at radius 1 is 0.947 bits per heavy atom. The van der Waals surface area contributed by atoms with Gasteiger partial charge in [-0.25, -0.2) is 4.79 Å². The Bertz CT molecular complexity index is 906. The standard InChI is InChI=1S/C28H45N3O6S/c1-17(2)8-7-9-19(5)14-24(32)37-21-12-10-20(11-13-21)15-23(28(35)36-6)30-27(34)25(18(3)4)31-26(33)22(29)16-38/h10-13,17-19,22-23,25,38H,7-9,14-16,29H2,1-6H3,(H,30,34)(H,31,33)/t19?,22-,23-,25-/m0/s1. The van der Waals surface area contributed by atoms with Gasteiger partial charge in [0.15, 0.2) is 0 Å². The van der Waals surface area contributed by atoms with Crippen LogP contribution < -0.4 is 21.1 Å². The van der Waals surface area contributed by atoms with E-state index in [4.69, 9.17) is 15.2 Å². The molecule has 0 saturated heterocycles. The zero-order valence-corrected chi connectivity index (χ0v) is 24.4. The molecule has 4 N–H and O–H groups in total. The van der Waals surface area contributed by atoms with Crippen LogP contribution in [0, 0.1) is 17.8 Å². The van der Waals surface area contributed by atoms with Crippen LogP contribution in [0.1, 0.15) is 65.9 Å². The number of methoxy groups -OCH3 is 1. The van der Waals surface area contributed by atoms with E-state index in [1.54, 1.807) is 38.1 Å². The summed E-state index contributed by atoms with van der Waals surface area (Å²) in [5.41, 5.74) is 6.43. The highest BCUT2D eigenvalue weighted by molar-refractivity contribution is 7.80. The maximum absolute atomic E-state index is 13.0. The maximum atomic E-state index is 13.0. The Labute approximate surface area is 232 Å². The van der Waals surface area contributed by atoms with Crippen molar-refractivity contribution in [3.05, 3.63) is 29.8 Å². The third-order valence-corrected chi connectivity index (χ3v) is 6.56. The van der Waals surface area contributed by atoms with Gasteiger partial charge in [-0.2, -0.15) is 12.6 Å². The van der Waals surface area contributed by atoms with Crippen molar-refractivity contribution < 1.29 is 28.7 Å². The minimum absolute atomic E-state index is 0.131. The first-order valence-corrected chi connectivity index (χ1v) is 13.9. The fraction of sp³-hybridized carbons (Fsp3) is 0.643. The van der Waals surface area contributed by atoms with Gasteiger partial charge in [-0.1, -0.05) is 66.0 Å². The van der Waals surface area contributed by atoms with Gasteiger partial charge in [0.05, 0.1) is 13.2 Å². The van der Waals surface area contributed by atoms with Crippen molar-refractivity contribution in [2.24, 2.45) is 23.5 Å². The molecule has 214 valence electrons. The van der Waals surface area contributed by atoms with E-state index in [-0.39, 0.29) is 30.0 Å². The van der Waals surface area contributed by atoms with Crippen LogP contribution in [0.4, 0.5) is 0 Å². The minimum atomic E-state index is -0.982. The lowest BCUT2D eigenvalue weighted by molar-refractivity contribution is -0.145. The van der Waals surface area contributed by atoms with E-state index in [2.05, 4.69) is 44.0 Å². The summed E-state index contributed by atoms with van der Waals surface area (Å²) in [5, 5.41) is 5.30. The number of amides is 2. The lowest BCUT2D eigenvalue weighted by atomic mass is 9.97. The SMILES string of the molecule is COC(=O)[C@H](Cc1ccc(OC(=O)CC(C)CCCC(C)C)cc1)NC(=O)[C@@H](NC(=O)[C@@H](N)CS)C(C)C. The third-order valence-electron chi connectivity index (χ3n) is 6.17. The summed E-state index contributed by atoms with van der Waals surface area (Å²) >= 11 is 4.01. The number of ether oxygens (including phenoxy) is 2. The monoisotopic (exact) mass is 551 g/mol. The number of nitrogens with two attached hydrogens (primary N) is 1. The van der Waals surface area contributed by atoms with Crippen LogP contribution in [-0.2, 0) is 30.3 Å². The van der Waals surface area contributed by atoms with Gasteiger partial charge >= 0.3 is 11.9 Å². The van der Waals surface area contributed by atoms with E-state index >= 15 is 0 Å². The Kier molecular flexibility index (Phi) is 15.0. The zero-order valence-electron chi connectivity index (χ0n) is 23.5. The number of thiol groups is 1. The molecule has 0 saturated carbocycles. The second-order valence-corrected chi connectivity index (χ2v) is 10.9. The molecule has 2 amide bonds. The molecule has 10 heteroatoms. The normalized spacial score (nSPS) is 14.4. The summed E-state index contributed by atoms with van der Waals surface area (Å²) < 4.78 is 10.3. The summed E-state index contributed by atoms with van der Waals surface area (Å²) in [4.78, 5) is 49.9. The number of carbonyl (C=O) groups excluding carboxylic acids is 4. The molecule has 0 heterocycles. The molecule has 0 fully saturated rings. The largest absolute Gasteiger partial charge is 0.467 e. The highest BCUT2D eigenvalue weighted by Crippen LogP contribution is 2.19. The van der Waals surface area contributed by atoms with Gasteiger partial charge in [0.25, 0.3) is 0 Å². The van der Waals surface area contributed by atoms with Crippen molar-refractivity contribution in [1.29, 1.82) is 0 Å². The van der Waals surface area contributed by atoms with Crippen LogP contribution in [0.2, 0.25) is 0 Å². The lowest BCUT2D eigenvalue weighted by Gasteiger charge is -2.25. The van der Waals surface area contributed by atoms with Crippen LogP contribution >= 0.6 is 12.6 Å². The Balaban J connectivity index is 2.78. The fourth-order valence-corrected chi connectivity index (χ4v) is 4.00. The molecular weight excluding hydrogens is 506 g/mol. The molecule has 38 heavy (non-hydrogen) atoms. The molecule has 0 spiro atoms. The van der Waals surface area contributed by atoms with Crippen molar-refractivity contribution >= 4 is 36.4 Å². The molecule has 0 bridgehead atoms. The van der Waals surface area contributed by atoms with Gasteiger partial charge in [-0.15, -0.1) is 0 Å². The zero-order chi connectivity index (χ0) is 28.8. The third kappa shape index (κ3) is 12.3. The van der Waals surface area contributed by atoms with E-state index in [1.165, 1.54) is 7.11 Å². The number of hydrogen-bond acceptors (Lipinski definition) is 8. The Morgan fingerprint density at radius 3 is 2.11 bits per heavy atom. The van der Waals surface area contributed by atoms with Crippen molar-refractivity contribution in [3.63, 3.8) is 0 Å². The number of carbonyl (C=O) groups is 4. The van der Waals surface area contributed by atoms with Gasteiger partial charge in [0.2, 0.25) is 11.8 Å². The van der Waals surface area contributed by atoms with Crippen LogP contribution in [0.25, 0.3) is 0 Å². The summed E-state index contributed by atoms with van der Waals surface area (Å²) in [6.07, 6.45) is 3.71. The number of rotatable bonds is 16. The highest BCUT2D eigenvalue weighted by Gasteiger charge is 2.30. The van der Waals surface area contributed by atoms with Gasteiger partial charge in [0, 0.05) is 18.6 Å². The van der Waals surface area contributed by atoms with Crippen molar-refractivity contribution in [1.82, 2.24) is 10.6 Å². The summed E-state index contributed by atoms with van der Waals surface area (Å²) in [6.45, 7) is 9.98. The van der Waals surface area contributed by atoms with Crippen LogP contribution in [0.3, 0.4) is 0 Å². The van der Waals surface area contributed by atoms with Crippen molar-refractivity contribution in [2.45, 2.75) is 84.8 Å². The van der Waals surface area contributed by atoms with Crippen LogP contribution in [0.5, 0.6) is 5.75 Å². The van der Waals surface area contributed by atoms with Crippen molar-refractivity contribution in [3.8, 4) is 5.75 Å². The molecule has 1 rings (SSSR count). The van der Waals surface area contributed by atoms with E-state index in [1.807, 2.05) is 0 Å². The molecule has 0 aliphatic rings. The number of nitrogens with one attached hydrogen (secondary N) is 2. The second-order valence-electron chi connectivity index (χ2n) is 10.6. The number of hydrogen-bond donors (Lipinski definition) is 4. The minimum Gasteiger partial charge on any atom is -0.467 e. The van der Waals surface area contributed by atoms with E-state index in [0.29, 0.717) is 18.1 Å².